The number of cyclic esters (lactones) is 1. The number of morpholine rings is 1. The molecular weight excluding hydrogens is 436 g/mol. The molecule has 0 unspecified atom stereocenters. The van der Waals surface area contributed by atoms with Crippen LogP contribution in [0.4, 0.5) is 25.0 Å². The molecule has 1 atom stereocenters. The summed E-state index contributed by atoms with van der Waals surface area (Å²) in [5, 5.41) is 2.58. The number of halogens is 2. The molecule has 9 nitrogen and oxygen atoms in total. The molecule has 1 aromatic rings. The number of rotatable bonds is 7. The number of nitrogens with zero attached hydrogens (tertiary/aromatic N) is 4. The minimum absolute atomic E-state index is 0.0612. The van der Waals surface area contributed by atoms with E-state index in [1.54, 1.807) is 4.90 Å². The van der Waals surface area contributed by atoms with Crippen LogP contribution < -0.4 is 15.1 Å². The Hall–Kier alpha value is -2.50. The van der Waals surface area contributed by atoms with Crippen LogP contribution in [0.1, 0.15) is 6.92 Å². The Morgan fingerprint density at radius 3 is 2.24 bits per heavy atom. The third-order valence-corrected chi connectivity index (χ3v) is 6.29. The molecule has 0 saturated carbocycles. The van der Waals surface area contributed by atoms with Crippen molar-refractivity contribution in [2.24, 2.45) is 0 Å². The fourth-order valence-corrected chi connectivity index (χ4v) is 4.41. The number of hydrogen-bond donors (Lipinski definition) is 1. The average molecular weight is 468 g/mol. The maximum atomic E-state index is 15.0. The van der Waals surface area contributed by atoms with E-state index in [0.29, 0.717) is 13.1 Å². The highest BCUT2D eigenvalue weighted by atomic mass is 19.1. The molecule has 3 saturated heterocycles. The van der Waals surface area contributed by atoms with Crippen LogP contribution in [0.25, 0.3) is 0 Å². The Bertz CT molecular complexity index is 836. The molecule has 2 amide bonds. The Morgan fingerprint density at radius 1 is 1.03 bits per heavy atom. The third kappa shape index (κ3) is 5.90. The van der Waals surface area contributed by atoms with Gasteiger partial charge in [-0.25, -0.2) is 13.6 Å². The number of ether oxygens (including phenoxy) is 2. The van der Waals surface area contributed by atoms with E-state index in [1.165, 1.54) is 24.0 Å². The van der Waals surface area contributed by atoms with Crippen molar-refractivity contribution in [1.82, 2.24) is 15.1 Å². The lowest BCUT2D eigenvalue weighted by Crippen LogP contribution is -2.49. The highest BCUT2D eigenvalue weighted by Gasteiger charge is 2.34. The summed E-state index contributed by atoms with van der Waals surface area (Å²) in [6.45, 7) is 9.47. The molecule has 3 fully saturated rings. The van der Waals surface area contributed by atoms with Crippen molar-refractivity contribution in [1.29, 1.82) is 0 Å². The van der Waals surface area contributed by atoms with Crippen molar-refractivity contribution in [3.05, 3.63) is 23.8 Å². The summed E-state index contributed by atoms with van der Waals surface area (Å²) in [5.74, 6) is -1.65. The van der Waals surface area contributed by atoms with Gasteiger partial charge in [0.1, 0.15) is 11.8 Å². The van der Waals surface area contributed by atoms with Gasteiger partial charge in [0.15, 0.2) is 11.6 Å². The summed E-state index contributed by atoms with van der Waals surface area (Å²) in [4.78, 5) is 30.8. The standard InChI is InChI=1S/C22H31F2N5O4/c1-16(30)25-14-18-15-29(22(31)33-18)17-12-19(23)21(20(24)13-17)28-6-4-26(5-7-28)2-3-27-8-10-32-11-9-27/h12-13,18H,2-11,14-15H2,1H3,(H,25,30)/t18-/m0/s1. The van der Waals surface area contributed by atoms with Crippen molar-refractivity contribution < 1.29 is 27.8 Å². The van der Waals surface area contributed by atoms with Gasteiger partial charge in [-0.1, -0.05) is 0 Å². The van der Waals surface area contributed by atoms with Crippen LogP contribution >= 0.6 is 0 Å². The molecule has 4 rings (SSSR count). The summed E-state index contributed by atoms with van der Waals surface area (Å²) in [5.41, 5.74) is 0.0437. The van der Waals surface area contributed by atoms with Crippen LogP contribution in [0, 0.1) is 11.6 Å². The number of carbonyl (C=O) groups excluding carboxylic acids is 2. The van der Waals surface area contributed by atoms with Crippen molar-refractivity contribution in [2.45, 2.75) is 13.0 Å². The number of anilines is 2. The fourth-order valence-electron chi connectivity index (χ4n) is 4.41. The molecule has 0 aliphatic carbocycles. The van der Waals surface area contributed by atoms with Crippen LogP contribution in [0.2, 0.25) is 0 Å². The van der Waals surface area contributed by atoms with Gasteiger partial charge in [0.2, 0.25) is 5.91 Å². The zero-order valence-corrected chi connectivity index (χ0v) is 18.9. The smallest absolute Gasteiger partial charge is 0.414 e. The second-order valence-corrected chi connectivity index (χ2v) is 8.59. The van der Waals surface area contributed by atoms with Crippen LogP contribution in [-0.4, -0.2) is 107 Å². The molecular formula is C22H31F2N5O4. The zero-order chi connectivity index (χ0) is 23.4. The van der Waals surface area contributed by atoms with Crippen LogP contribution in [0.5, 0.6) is 0 Å². The van der Waals surface area contributed by atoms with Gasteiger partial charge in [0, 0.05) is 71.4 Å². The molecule has 0 radical (unpaired) electrons. The van der Waals surface area contributed by atoms with E-state index in [0.717, 1.165) is 52.5 Å². The first-order chi connectivity index (χ1) is 15.9. The molecule has 11 heteroatoms. The fraction of sp³-hybridized carbons (Fsp3) is 0.636. The van der Waals surface area contributed by atoms with E-state index in [-0.39, 0.29) is 30.4 Å². The Kier molecular flexibility index (Phi) is 7.61. The lowest BCUT2D eigenvalue weighted by atomic mass is 10.2. The molecule has 3 aliphatic rings. The van der Waals surface area contributed by atoms with E-state index in [4.69, 9.17) is 9.47 Å². The number of carbonyl (C=O) groups is 2. The van der Waals surface area contributed by atoms with Crippen molar-refractivity contribution in [3.63, 3.8) is 0 Å². The predicted octanol–water partition coefficient (Wildman–Crippen LogP) is 0.880. The monoisotopic (exact) mass is 467 g/mol. The Labute approximate surface area is 192 Å². The first kappa shape index (κ1) is 23.7. The number of benzene rings is 1. The van der Waals surface area contributed by atoms with Gasteiger partial charge >= 0.3 is 6.09 Å². The first-order valence-electron chi connectivity index (χ1n) is 11.4. The van der Waals surface area contributed by atoms with E-state index in [2.05, 4.69) is 15.1 Å². The summed E-state index contributed by atoms with van der Waals surface area (Å²) in [6, 6.07) is 2.34. The van der Waals surface area contributed by atoms with Crippen LogP contribution in [0.3, 0.4) is 0 Å². The van der Waals surface area contributed by atoms with Gasteiger partial charge in [0.25, 0.3) is 0 Å². The second-order valence-electron chi connectivity index (χ2n) is 8.59. The van der Waals surface area contributed by atoms with Gasteiger partial charge in [0.05, 0.1) is 32.0 Å². The van der Waals surface area contributed by atoms with Gasteiger partial charge in [-0.3, -0.25) is 19.5 Å². The molecule has 182 valence electrons. The van der Waals surface area contributed by atoms with Gasteiger partial charge in [-0.05, 0) is 0 Å². The Balaban J connectivity index is 1.33. The van der Waals surface area contributed by atoms with Gasteiger partial charge in [-0.2, -0.15) is 0 Å². The SMILES string of the molecule is CC(=O)NC[C@H]1CN(c2cc(F)c(N3CCN(CCN4CCOCC4)CC3)c(F)c2)C(=O)O1. The predicted molar refractivity (Wildman–Crippen MR) is 119 cm³/mol. The van der Waals surface area contributed by atoms with Crippen molar-refractivity contribution in [2.75, 3.05) is 88.5 Å². The number of amides is 2. The maximum Gasteiger partial charge on any atom is 0.414 e. The highest BCUT2D eigenvalue weighted by molar-refractivity contribution is 5.90. The maximum absolute atomic E-state index is 15.0. The summed E-state index contributed by atoms with van der Waals surface area (Å²) in [7, 11) is 0. The highest BCUT2D eigenvalue weighted by Crippen LogP contribution is 2.31. The van der Waals surface area contributed by atoms with Gasteiger partial charge < -0.3 is 19.7 Å². The van der Waals surface area contributed by atoms with E-state index in [1.807, 2.05) is 0 Å². The van der Waals surface area contributed by atoms with E-state index < -0.39 is 23.8 Å². The quantitative estimate of drug-likeness (QED) is 0.638. The molecule has 0 spiro atoms. The second kappa shape index (κ2) is 10.6. The topological polar surface area (TPSA) is 77.6 Å². The summed E-state index contributed by atoms with van der Waals surface area (Å²) >= 11 is 0. The molecule has 3 heterocycles. The molecule has 1 N–H and O–H groups in total. The number of piperazine rings is 1. The number of hydrogen-bond acceptors (Lipinski definition) is 7. The third-order valence-electron chi connectivity index (χ3n) is 6.29. The lowest BCUT2D eigenvalue weighted by Gasteiger charge is -2.37. The molecule has 3 aliphatic heterocycles. The van der Waals surface area contributed by atoms with Crippen LogP contribution in [-0.2, 0) is 14.3 Å². The average Bonchev–Trinajstić information content (AvgIpc) is 3.18. The number of nitrogens with one attached hydrogen (secondary N) is 1. The summed E-state index contributed by atoms with van der Waals surface area (Å²) < 4.78 is 40.5. The normalized spacial score (nSPS) is 22.5. The minimum atomic E-state index is -0.704. The molecule has 0 aromatic heterocycles. The van der Waals surface area contributed by atoms with Crippen molar-refractivity contribution in [3.8, 4) is 0 Å². The first-order valence-corrected chi connectivity index (χ1v) is 11.4. The van der Waals surface area contributed by atoms with Crippen LogP contribution in [0.15, 0.2) is 12.1 Å². The minimum Gasteiger partial charge on any atom is -0.442 e. The van der Waals surface area contributed by atoms with E-state index >= 15 is 0 Å². The molecule has 0 bridgehead atoms. The largest absolute Gasteiger partial charge is 0.442 e. The van der Waals surface area contributed by atoms with Crippen molar-refractivity contribution >= 4 is 23.4 Å². The Morgan fingerprint density at radius 2 is 1.64 bits per heavy atom. The molecule has 33 heavy (non-hydrogen) atoms. The summed E-state index contributed by atoms with van der Waals surface area (Å²) in [6.07, 6.45) is -1.26. The zero-order valence-electron chi connectivity index (χ0n) is 18.9. The lowest BCUT2D eigenvalue weighted by molar-refractivity contribution is -0.119. The van der Waals surface area contributed by atoms with Gasteiger partial charge in [-0.15, -0.1) is 0 Å². The molecule has 1 aromatic carbocycles. The van der Waals surface area contributed by atoms with E-state index in [9.17, 15) is 18.4 Å².